The maximum Gasteiger partial charge on any atom is 0.308 e. The Hall–Kier alpha value is -0.570. The van der Waals surface area contributed by atoms with E-state index >= 15 is 0 Å². The van der Waals surface area contributed by atoms with Crippen LogP contribution in [0.4, 0.5) is 0 Å². The van der Waals surface area contributed by atoms with Crippen LogP contribution in [0.1, 0.15) is 45.4 Å². The van der Waals surface area contributed by atoms with Crippen molar-refractivity contribution in [3.63, 3.8) is 0 Å². The molecule has 1 rings (SSSR count). The molecule has 0 radical (unpaired) electrons. The van der Waals surface area contributed by atoms with Gasteiger partial charge in [-0.2, -0.15) is 0 Å². The highest BCUT2D eigenvalue weighted by Crippen LogP contribution is 2.20. The van der Waals surface area contributed by atoms with E-state index in [2.05, 4.69) is 6.92 Å². The van der Waals surface area contributed by atoms with Gasteiger partial charge in [-0.05, 0) is 12.8 Å². The normalized spacial score (nSPS) is 27.7. The molecule has 0 aromatic rings. The number of carbonyl (C=O) groups is 1. The molecule has 3 nitrogen and oxygen atoms in total. The van der Waals surface area contributed by atoms with Crippen molar-refractivity contribution >= 4 is 5.97 Å². The standard InChI is InChI=1S/C10H18O3/c1-2-3-4-5-6-9-8(11)7-10(12)13-9/h8-9,11H,2-7H2,1H3/t8-,9+/m1/s1. The number of aliphatic hydroxyl groups is 1. The minimum Gasteiger partial charge on any atom is -0.460 e. The van der Waals surface area contributed by atoms with Crippen molar-refractivity contribution in [2.45, 2.75) is 57.7 Å². The van der Waals surface area contributed by atoms with Gasteiger partial charge in [0.1, 0.15) is 12.2 Å². The summed E-state index contributed by atoms with van der Waals surface area (Å²) >= 11 is 0. The molecule has 0 spiro atoms. The zero-order valence-corrected chi connectivity index (χ0v) is 8.16. The summed E-state index contributed by atoms with van der Waals surface area (Å²) in [6.45, 7) is 2.16. The molecule has 0 saturated carbocycles. The van der Waals surface area contributed by atoms with E-state index in [-0.39, 0.29) is 18.5 Å². The first-order chi connectivity index (χ1) is 6.24. The van der Waals surface area contributed by atoms with Gasteiger partial charge >= 0.3 is 5.97 Å². The van der Waals surface area contributed by atoms with Crippen LogP contribution in [0, 0.1) is 0 Å². The van der Waals surface area contributed by atoms with Crippen molar-refractivity contribution < 1.29 is 14.6 Å². The molecule has 1 fully saturated rings. The summed E-state index contributed by atoms with van der Waals surface area (Å²) in [5.74, 6) is -0.256. The lowest BCUT2D eigenvalue weighted by Gasteiger charge is -2.11. The Balaban J connectivity index is 2.11. The van der Waals surface area contributed by atoms with Gasteiger partial charge < -0.3 is 9.84 Å². The van der Waals surface area contributed by atoms with Gasteiger partial charge in [0.2, 0.25) is 0 Å². The fraction of sp³-hybridized carbons (Fsp3) is 0.900. The molecule has 1 aliphatic rings. The van der Waals surface area contributed by atoms with E-state index in [9.17, 15) is 9.90 Å². The number of rotatable bonds is 5. The summed E-state index contributed by atoms with van der Waals surface area (Å²) in [5.41, 5.74) is 0. The zero-order chi connectivity index (χ0) is 9.68. The molecule has 1 heterocycles. The van der Waals surface area contributed by atoms with E-state index in [1.807, 2.05) is 0 Å². The number of cyclic esters (lactones) is 1. The van der Waals surface area contributed by atoms with Crippen LogP contribution in [0.25, 0.3) is 0 Å². The maximum atomic E-state index is 10.8. The fourth-order valence-corrected chi connectivity index (χ4v) is 1.62. The second-order valence-electron chi connectivity index (χ2n) is 3.65. The van der Waals surface area contributed by atoms with Crippen LogP contribution in [0.5, 0.6) is 0 Å². The van der Waals surface area contributed by atoms with Crippen LogP contribution >= 0.6 is 0 Å². The van der Waals surface area contributed by atoms with Crippen LogP contribution in [0.15, 0.2) is 0 Å². The largest absolute Gasteiger partial charge is 0.460 e. The van der Waals surface area contributed by atoms with Gasteiger partial charge in [-0.25, -0.2) is 0 Å². The number of aliphatic hydroxyl groups excluding tert-OH is 1. The number of hydrogen-bond donors (Lipinski definition) is 1. The Bertz CT molecular complexity index is 168. The average molecular weight is 186 g/mol. The van der Waals surface area contributed by atoms with Gasteiger partial charge in [0, 0.05) is 0 Å². The van der Waals surface area contributed by atoms with Gasteiger partial charge in [0.15, 0.2) is 0 Å². The lowest BCUT2D eigenvalue weighted by atomic mass is 10.1. The molecule has 0 unspecified atom stereocenters. The minimum atomic E-state index is -0.561. The van der Waals surface area contributed by atoms with E-state index < -0.39 is 6.10 Å². The predicted molar refractivity (Wildman–Crippen MR) is 49.3 cm³/mol. The Morgan fingerprint density at radius 1 is 1.46 bits per heavy atom. The summed E-state index contributed by atoms with van der Waals surface area (Å²) in [5, 5.41) is 9.37. The highest BCUT2D eigenvalue weighted by molar-refractivity contribution is 5.72. The van der Waals surface area contributed by atoms with Gasteiger partial charge in [-0.3, -0.25) is 4.79 Å². The zero-order valence-electron chi connectivity index (χ0n) is 8.16. The third-order valence-corrected chi connectivity index (χ3v) is 2.43. The predicted octanol–water partition coefficient (Wildman–Crippen LogP) is 1.63. The summed E-state index contributed by atoms with van der Waals surface area (Å²) in [6, 6.07) is 0. The summed E-state index contributed by atoms with van der Waals surface area (Å²) in [7, 11) is 0. The topological polar surface area (TPSA) is 46.5 Å². The molecule has 0 aromatic heterocycles. The Labute approximate surface area is 79.1 Å². The molecule has 76 valence electrons. The average Bonchev–Trinajstić information content (AvgIpc) is 2.39. The van der Waals surface area contributed by atoms with Crippen molar-refractivity contribution in [2.75, 3.05) is 0 Å². The van der Waals surface area contributed by atoms with Crippen molar-refractivity contribution in [3.05, 3.63) is 0 Å². The van der Waals surface area contributed by atoms with Crippen LogP contribution < -0.4 is 0 Å². The van der Waals surface area contributed by atoms with Crippen LogP contribution in [0.2, 0.25) is 0 Å². The quantitative estimate of drug-likeness (QED) is 0.524. The molecule has 0 aromatic carbocycles. The number of ether oxygens (including phenoxy) is 1. The number of carbonyl (C=O) groups excluding carboxylic acids is 1. The van der Waals surface area contributed by atoms with Crippen molar-refractivity contribution in [3.8, 4) is 0 Å². The minimum absolute atomic E-state index is 0.179. The fourth-order valence-electron chi connectivity index (χ4n) is 1.62. The number of unbranched alkanes of at least 4 members (excludes halogenated alkanes) is 3. The lowest BCUT2D eigenvalue weighted by molar-refractivity contribution is -0.142. The molecule has 1 N–H and O–H groups in total. The van der Waals surface area contributed by atoms with Crippen LogP contribution in [-0.4, -0.2) is 23.3 Å². The third-order valence-electron chi connectivity index (χ3n) is 2.43. The lowest BCUT2D eigenvalue weighted by Crippen LogP contribution is -2.20. The first-order valence-corrected chi connectivity index (χ1v) is 5.11. The molecular weight excluding hydrogens is 168 g/mol. The highest BCUT2D eigenvalue weighted by atomic mass is 16.6. The smallest absolute Gasteiger partial charge is 0.308 e. The van der Waals surface area contributed by atoms with Gasteiger partial charge in [0.05, 0.1) is 6.42 Å². The maximum absolute atomic E-state index is 10.8. The van der Waals surface area contributed by atoms with E-state index in [1.165, 1.54) is 12.8 Å². The molecule has 1 saturated heterocycles. The highest BCUT2D eigenvalue weighted by Gasteiger charge is 2.32. The van der Waals surface area contributed by atoms with Crippen molar-refractivity contribution in [2.24, 2.45) is 0 Å². The van der Waals surface area contributed by atoms with Crippen molar-refractivity contribution in [1.29, 1.82) is 0 Å². The Morgan fingerprint density at radius 3 is 2.77 bits per heavy atom. The first-order valence-electron chi connectivity index (χ1n) is 5.11. The van der Waals surface area contributed by atoms with E-state index in [0.717, 1.165) is 19.3 Å². The molecule has 0 aliphatic carbocycles. The number of hydrogen-bond acceptors (Lipinski definition) is 3. The number of esters is 1. The molecule has 2 atom stereocenters. The molecular formula is C10H18O3. The third kappa shape index (κ3) is 3.35. The molecule has 1 aliphatic heterocycles. The van der Waals surface area contributed by atoms with Gasteiger partial charge in [-0.15, -0.1) is 0 Å². The Kier molecular flexibility index (Phi) is 4.22. The molecule has 13 heavy (non-hydrogen) atoms. The van der Waals surface area contributed by atoms with Crippen molar-refractivity contribution in [1.82, 2.24) is 0 Å². The van der Waals surface area contributed by atoms with Gasteiger partial charge in [0.25, 0.3) is 0 Å². The monoisotopic (exact) mass is 186 g/mol. The molecule has 3 heteroatoms. The van der Waals surface area contributed by atoms with E-state index in [1.54, 1.807) is 0 Å². The van der Waals surface area contributed by atoms with E-state index in [0.29, 0.717) is 0 Å². The molecule has 0 amide bonds. The second-order valence-corrected chi connectivity index (χ2v) is 3.65. The Morgan fingerprint density at radius 2 is 2.23 bits per heavy atom. The van der Waals surface area contributed by atoms with E-state index in [4.69, 9.17) is 4.74 Å². The first kappa shape index (κ1) is 10.5. The summed E-state index contributed by atoms with van der Waals surface area (Å²) in [4.78, 5) is 10.8. The summed E-state index contributed by atoms with van der Waals surface area (Å²) < 4.78 is 4.96. The second kappa shape index (κ2) is 5.22. The molecule has 0 bridgehead atoms. The summed E-state index contributed by atoms with van der Waals surface area (Å²) in [6.07, 6.45) is 4.83. The van der Waals surface area contributed by atoms with Gasteiger partial charge in [-0.1, -0.05) is 26.2 Å². The van der Waals surface area contributed by atoms with Crippen LogP contribution in [-0.2, 0) is 9.53 Å². The van der Waals surface area contributed by atoms with Crippen LogP contribution in [0.3, 0.4) is 0 Å². The SMILES string of the molecule is CCCCCC[C@@H]1OC(=O)C[C@H]1O.